The van der Waals surface area contributed by atoms with Gasteiger partial charge in [-0.25, -0.2) is 14.5 Å². The van der Waals surface area contributed by atoms with E-state index in [-0.39, 0.29) is 0 Å². The molecule has 0 saturated carbocycles. The predicted octanol–water partition coefficient (Wildman–Crippen LogP) is 2.86. The lowest BCUT2D eigenvalue weighted by molar-refractivity contribution is -0.367. The Bertz CT molecular complexity index is 1540. The average molecular weight is 410 g/mol. The molecular weight excluding hydrogens is 390 g/mol. The number of imidazole rings is 2. The van der Waals surface area contributed by atoms with E-state index >= 15 is 0 Å². The first-order valence-electron chi connectivity index (χ1n) is 10.0. The zero-order valence-corrected chi connectivity index (χ0v) is 17.4. The van der Waals surface area contributed by atoms with Crippen LogP contribution >= 0.6 is 0 Å². The largest absolute Gasteiger partial charge is 0.336 e. The molecule has 0 spiro atoms. The maximum absolute atomic E-state index is 4.90. The number of nitrogens with zero attached hydrogens (tertiary/aromatic N) is 7. The Labute approximate surface area is 177 Å². The van der Waals surface area contributed by atoms with Crippen LogP contribution in [0.5, 0.6) is 0 Å². The van der Waals surface area contributed by atoms with Crippen LogP contribution in [0, 0.1) is 6.92 Å². The summed E-state index contributed by atoms with van der Waals surface area (Å²) in [5, 5.41) is 8.59. The number of aromatic nitrogens is 7. The topological polar surface area (TPSA) is 103 Å². The second-order valence-corrected chi connectivity index (χ2v) is 7.74. The maximum Gasteiger partial charge on any atom is 0.289 e. The molecular formula is C22H20N9+. The standard InChI is InChI=1S/C22H19N9/c1-12-10-31(11-25-12)18-6-4-5-15-21(18)27-22(26-15)20-14-7-16(24-8-17(14)28-29-20)19-9-23-13(2)30(19)3/h4-8,10-11H,9H2,1-3H3,(H,24,26,27,29)/p+1. The minimum atomic E-state index is 0.631. The van der Waals surface area contributed by atoms with E-state index in [4.69, 9.17) is 4.98 Å². The molecule has 1 aliphatic heterocycles. The van der Waals surface area contributed by atoms with Gasteiger partial charge in [0.25, 0.3) is 5.84 Å². The lowest BCUT2D eigenvalue weighted by Gasteiger charge is -2.01. The molecule has 9 heteroatoms. The van der Waals surface area contributed by atoms with Gasteiger partial charge in [0.1, 0.15) is 16.9 Å². The van der Waals surface area contributed by atoms with Gasteiger partial charge in [0.2, 0.25) is 0 Å². The van der Waals surface area contributed by atoms with Gasteiger partial charge in [0.05, 0.1) is 42.0 Å². The van der Waals surface area contributed by atoms with E-state index in [1.54, 1.807) is 6.33 Å². The summed E-state index contributed by atoms with van der Waals surface area (Å²) in [7, 11) is 2.02. The third-order valence-corrected chi connectivity index (χ3v) is 5.80. The van der Waals surface area contributed by atoms with E-state index < -0.39 is 0 Å². The Morgan fingerprint density at radius 1 is 1.13 bits per heavy atom. The first-order valence-corrected chi connectivity index (χ1v) is 10.0. The van der Waals surface area contributed by atoms with Crippen molar-refractivity contribution in [1.29, 1.82) is 0 Å². The Balaban J connectivity index is 1.50. The van der Waals surface area contributed by atoms with Crippen molar-refractivity contribution in [1.82, 2.24) is 34.7 Å². The fourth-order valence-corrected chi connectivity index (χ4v) is 4.00. The third kappa shape index (κ3) is 2.70. The Kier molecular flexibility index (Phi) is 3.67. The van der Waals surface area contributed by atoms with Gasteiger partial charge in [-0.15, -0.1) is 0 Å². The van der Waals surface area contributed by atoms with E-state index in [1.807, 2.05) is 56.1 Å². The monoisotopic (exact) mass is 410 g/mol. The number of para-hydroxylation sites is 1. The summed E-state index contributed by atoms with van der Waals surface area (Å²) in [4.78, 5) is 21.8. The summed E-state index contributed by atoms with van der Waals surface area (Å²) in [6, 6.07) is 8.12. The molecule has 31 heavy (non-hydrogen) atoms. The van der Waals surface area contributed by atoms with Crippen molar-refractivity contribution in [3.63, 3.8) is 0 Å². The second-order valence-electron chi connectivity index (χ2n) is 7.74. The number of H-pyrrole nitrogens is 2. The maximum atomic E-state index is 4.90. The van der Waals surface area contributed by atoms with E-state index in [9.17, 15) is 0 Å². The van der Waals surface area contributed by atoms with Gasteiger partial charge in [0.15, 0.2) is 18.1 Å². The SMILES string of the molecule is CC1=NCC(c2cc3c(-c4nc5c(-n6cnc(C)c6)cccc5[nH]4)n[nH]c3cn2)=[N+]1C. The zero-order valence-electron chi connectivity index (χ0n) is 17.4. The van der Waals surface area contributed by atoms with Crippen LogP contribution < -0.4 is 0 Å². The van der Waals surface area contributed by atoms with E-state index in [1.165, 1.54) is 0 Å². The highest BCUT2D eigenvalue weighted by atomic mass is 15.2. The predicted molar refractivity (Wildman–Crippen MR) is 119 cm³/mol. The number of pyridine rings is 1. The first-order chi connectivity index (χ1) is 15.1. The number of aromatic amines is 2. The van der Waals surface area contributed by atoms with Crippen LogP contribution in [0.1, 0.15) is 18.3 Å². The van der Waals surface area contributed by atoms with Crippen LogP contribution in [0.4, 0.5) is 0 Å². The van der Waals surface area contributed by atoms with Crippen LogP contribution in [0.2, 0.25) is 0 Å². The van der Waals surface area contributed by atoms with Gasteiger partial charge in [-0.1, -0.05) is 11.1 Å². The summed E-state index contributed by atoms with van der Waals surface area (Å²) in [6.07, 6.45) is 5.61. The van der Waals surface area contributed by atoms with Gasteiger partial charge in [-0.05, 0) is 25.1 Å². The zero-order chi connectivity index (χ0) is 21.1. The summed E-state index contributed by atoms with van der Waals surface area (Å²) >= 11 is 0. The molecule has 0 saturated heterocycles. The molecule has 1 aliphatic rings. The first kappa shape index (κ1) is 17.7. The molecule has 5 aromatic rings. The van der Waals surface area contributed by atoms with Crippen molar-refractivity contribution in [2.75, 3.05) is 13.6 Å². The smallest absolute Gasteiger partial charge is 0.289 e. The number of aliphatic imine (C=N–C) groups is 1. The summed E-state index contributed by atoms with van der Waals surface area (Å²) < 4.78 is 4.07. The second kappa shape index (κ2) is 6.43. The Morgan fingerprint density at radius 3 is 2.81 bits per heavy atom. The summed E-state index contributed by atoms with van der Waals surface area (Å²) in [5.41, 5.74) is 7.34. The van der Waals surface area contributed by atoms with E-state index in [2.05, 4.69) is 40.8 Å². The highest BCUT2D eigenvalue weighted by Gasteiger charge is 2.24. The minimum Gasteiger partial charge on any atom is -0.336 e. The van der Waals surface area contributed by atoms with Gasteiger partial charge in [-0.3, -0.25) is 10.1 Å². The van der Waals surface area contributed by atoms with Crippen molar-refractivity contribution < 1.29 is 4.58 Å². The molecule has 5 heterocycles. The van der Waals surface area contributed by atoms with Crippen LogP contribution in [-0.4, -0.2) is 64.4 Å². The number of aryl methyl sites for hydroxylation is 1. The fraction of sp³-hybridized carbons (Fsp3) is 0.182. The van der Waals surface area contributed by atoms with E-state index in [0.717, 1.165) is 56.3 Å². The number of rotatable bonds is 3. The molecule has 1 aromatic carbocycles. The van der Waals surface area contributed by atoms with Gasteiger partial charge in [0, 0.05) is 18.5 Å². The lowest BCUT2D eigenvalue weighted by atomic mass is 10.1. The quantitative estimate of drug-likeness (QED) is 0.446. The fourth-order valence-electron chi connectivity index (χ4n) is 4.00. The molecule has 0 fully saturated rings. The molecule has 0 amide bonds. The number of hydrogen-bond acceptors (Lipinski definition) is 5. The van der Waals surface area contributed by atoms with Crippen LogP contribution in [0.3, 0.4) is 0 Å². The van der Waals surface area contributed by atoms with Crippen molar-refractivity contribution in [2.45, 2.75) is 13.8 Å². The number of hydrogen-bond donors (Lipinski definition) is 2. The highest BCUT2D eigenvalue weighted by Crippen LogP contribution is 2.29. The molecule has 6 rings (SSSR count). The third-order valence-electron chi connectivity index (χ3n) is 5.80. The Morgan fingerprint density at radius 2 is 2.03 bits per heavy atom. The molecule has 0 bridgehead atoms. The molecule has 2 N–H and O–H groups in total. The lowest BCUT2D eigenvalue weighted by Crippen LogP contribution is -2.19. The molecule has 0 unspecified atom stereocenters. The number of benzene rings is 1. The minimum absolute atomic E-state index is 0.631. The van der Waals surface area contributed by atoms with E-state index in [0.29, 0.717) is 12.4 Å². The van der Waals surface area contributed by atoms with Gasteiger partial charge < -0.3 is 9.55 Å². The van der Waals surface area contributed by atoms with Crippen LogP contribution in [0.25, 0.3) is 39.1 Å². The number of amidine groups is 1. The Hall–Kier alpha value is -4.14. The summed E-state index contributed by atoms with van der Waals surface area (Å²) in [5.74, 6) is 1.70. The highest BCUT2D eigenvalue weighted by molar-refractivity contribution is 6.06. The molecule has 152 valence electrons. The normalized spacial score (nSPS) is 14.2. The van der Waals surface area contributed by atoms with Crippen LogP contribution in [-0.2, 0) is 0 Å². The van der Waals surface area contributed by atoms with Crippen molar-refractivity contribution in [3.05, 3.63) is 54.4 Å². The number of nitrogens with one attached hydrogen (secondary N) is 2. The summed E-state index contributed by atoms with van der Waals surface area (Å²) in [6.45, 7) is 4.61. The number of fused-ring (bicyclic) bond motifs is 2. The van der Waals surface area contributed by atoms with Crippen molar-refractivity contribution >= 4 is 33.5 Å². The van der Waals surface area contributed by atoms with Crippen molar-refractivity contribution in [2.24, 2.45) is 4.99 Å². The van der Waals surface area contributed by atoms with Gasteiger partial charge in [-0.2, -0.15) is 5.10 Å². The molecule has 4 aromatic heterocycles. The van der Waals surface area contributed by atoms with Gasteiger partial charge >= 0.3 is 0 Å². The molecule has 0 radical (unpaired) electrons. The van der Waals surface area contributed by atoms with Crippen molar-refractivity contribution in [3.8, 4) is 17.2 Å². The average Bonchev–Trinajstić information content (AvgIpc) is 3.54. The van der Waals surface area contributed by atoms with Crippen LogP contribution in [0.15, 0.2) is 48.0 Å². The molecule has 0 aliphatic carbocycles. The molecule has 9 nitrogen and oxygen atoms in total. The molecule has 0 atom stereocenters.